The van der Waals surface area contributed by atoms with Crippen molar-refractivity contribution in [2.24, 2.45) is 0 Å². The molecule has 0 unspecified atom stereocenters. The minimum atomic E-state index is -3.79. The molecule has 0 aliphatic carbocycles. The Balaban J connectivity index is 1.96. The third kappa shape index (κ3) is 2.94. The Morgan fingerprint density at radius 1 is 1.35 bits per heavy atom. The van der Waals surface area contributed by atoms with Crippen molar-refractivity contribution < 1.29 is 22.8 Å². The maximum Gasteiger partial charge on any atom is 0.245 e. The average molecular weight is 339 g/mol. The van der Waals surface area contributed by atoms with E-state index in [1.807, 2.05) is 0 Å². The van der Waals surface area contributed by atoms with Crippen LogP contribution >= 0.6 is 0 Å². The average Bonchev–Trinajstić information content (AvgIpc) is 3.13. The number of methoxy groups -OCH3 is 1. The number of β-amino-alcohol motifs (C(OH)–C–C–N with tert-alkyl or cyclic N) is 1. The van der Waals surface area contributed by atoms with E-state index in [2.05, 4.69) is 10.1 Å². The smallest absolute Gasteiger partial charge is 0.245 e. The van der Waals surface area contributed by atoms with Gasteiger partial charge in [-0.25, -0.2) is 8.42 Å². The van der Waals surface area contributed by atoms with Gasteiger partial charge in [-0.1, -0.05) is 5.16 Å². The molecule has 1 aliphatic heterocycles. The fourth-order valence-corrected chi connectivity index (χ4v) is 4.24. The van der Waals surface area contributed by atoms with Crippen molar-refractivity contribution in [3.63, 3.8) is 0 Å². The van der Waals surface area contributed by atoms with E-state index in [1.54, 1.807) is 19.1 Å². The van der Waals surface area contributed by atoms with Crippen LogP contribution < -0.4 is 4.74 Å². The second-order valence-electron chi connectivity index (χ2n) is 5.34. The quantitative estimate of drug-likeness (QED) is 0.881. The molecule has 1 N–H and O–H groups in total. The molecular weight excluding hydrogens is 322 g/mol. The maximum atomic E-state index is 12.9. The van der Waals surface area contributed by atoms with Gasteiger partial charge in [0, 0.05) is 13.0 Å². The van der Waals surface area contributed by atoms with Crippen molar-refractivity contribution in [2.45, 2.75) is 30.4 Å². The first-order chi connectivity index (χ1) is 10.9. The third-order valence-electron chi connectivity index (χ3n) is 3.73. The highest BCUT2D eigenvalue weighted by molar-refractivity contribution is 7.89. The zero-order valence-electron chi connectivity index (χ0n) is 12.7. The molecule has 0 spiro atoms. The van der Waals surface area contributed by atoms with E-state index < -0.39 is 22.2 Å². The first kappa shape index (κ1) is 15.9. The molecule has 0 saturated carbocycles. The van der Waals surface area contributed by atoms with Crippen molar-refractivity contribution >= 4 is 10.0 Å². The molecule has 2 aromatic rings. The van der Waals surface area contributed by atoms with E-state index >= 15 is 0 Å². The summed E-state index contributed by atoms with van der Waals surface area (Å²) in [5.41, 5.74) is 0. The maximum absolute atomic E-state index is 12.9. The molecule has 0 amide bonds. The van der Waals surface area contributed by atoms with E-state index in [1.165, 1.54) is 23.5 Å². The molecule has 8 nitrogen and oxygen atoms in total. The second-order valence-corrected chi connectivity index (χ2v) is 7.23. The summed E-state index contributed by atoms with van der Waals surface area (Å²) in [7, 11) is -2.29. The Hall–Kier alpha value is -1.97. The molecule has 1 aliphatic rings. The molecule has 9 heteroatoms. The molecule has 124 valence electrons. The van der Waals surface area contributed by atoms with Crippen LogP contribution in [0.15, 0.2) is 33.7 Å². The van der Waals surface area contributed by atoms with Crippen LogP contribution in [0.3, 0.4) is 0 Å². The van der Waals surface area contributed by atoms with Gasteiger partial charge in [-0.15, -0.1) is 0 Å². The van der Waals surface area contributed by atoms with Crippen LogP contribution in [0.2, 0.25) is 0 Å². The molecule has 2 atom stereocenters. The summed E-state index contributed by atoms with van der Waals surface area (Å²) in [4.78, 5) is 4.22. The number of aryl methyl sites for hydroxylation is 1. The number of aromatic nitrogens is 2. The fraction of sp³-hybridized carbons (Fsp3) is 0.429. The van der Waals surface area contributed by atoms with Crippen molar-refractivity contribution in [2.75, 3.05) is 13.7 Å². The number of ether oxygens (including phenoxy) is 1. The summed E-state index contributed by atoms with van der Waals surface area (Å²) >= 11 is 0. The summed E-state index contributed by atoms with van der Waals surface area (Å²) in [6.45, 7) is 1.64. The monoisotopic (exact) mass is 339 g/mol. The first-order valence-corrected chi connectivity index (χ1v) is 8.50. The predicted molar refractivity (Wildman–Crippen MR) is 79.3 cm³/mol. The van der Waals surface area contributed by atoms with Crippen LogP contribution in [0.5, 0.6) is 5.75 Å². The third-order valence-corrected chi connectivity index (χ3v) is 5.62. The fourth-order valence-electron chi connectivity index (χ4n) is 2.61. The summed E-state index contributed by atoms with van der Waals surface area (Å²) < 4.78 is 37.0. The standard InChI is InChI=1S/C14H17N3O5S/c1-9-15-14(22-16-9)13-7-10(18)8-17(13)23(19,20)12-5-3-11(21-2)4-6-12/h3-6,10,13,18H,7-8H2,1-2H3/t10-,13+/m0/s1. The Bertz CT molecular complexity index is 787. The van der Waals surface area contributed by atoms with Crippen LogP contribution in [0.25, 0.3) is 0 Å². The van der Waals surface area contributed by atoms with Gasteiger partial charge in [0.1, 0.15) is 11.8 Å². The number of hydrogen-bond donors (Lipinski definition) is 1. The van der Waals surface area contributed by atoms with E-state index in [4.69, 9.17) is 9.26 Å². The zero-order chi connectivity index (χ0) is 16.6. The number of sulfonamides is 1. The zero-order valence-corrected chi connectivity index (χ0v) is 13.5. The van der Waals surface area contributed by atoms with Gasteiger partial charge in [0.05, 0.1) is 18.1 Å². The Kier molecular flexibility index (Phi) is 4.09. The lowest BCUT2D eigenvalue weighted by molar-refractivity contribution is 0.188. The van der Waals surface area contributed by atoms with Crippen LogP contribution in [0, 0.1) is 6.92 Å². The minimum absolute atomic E-state index is 0.0134. The highest BCUT2D eigenvalue weighted by atomic mass is 32.2. The summed E-state index contributed by atoms with van der Waals surface area (Å²) in [5, 5.41) is 13.6. The van der Waals surface area contributed by atoms with E-state index in [9.17, 15) is 13.5 Å². The molecule has 2 heterocycles. The number of rotatable bonds is 4. The van der Waals surface area contributed by atoms with Crippen molar-refractivity contribution in [1.82, 2.24) is 14.4 Å². The Labute approximate surface area is 133 Å². The predicted octanol–water partition coefficient (Wildman–Crippen LogP) is 0.883. The topological polar surface area (TPSA) is 106 Å². The van der Waals surface area contributed by atoms with Crippen molar-refractivity contribution in [3.05, 3.63) is 36.0 Å². The van der Waals surface area contributed by atoms with Gasteiger partial charge in [0.15, 0.2) is 5.82 Å². The molecule has 23 heavy (non-hydrogen) atoms. The lowest BCUT2D eigenvalue weighted by atomic mass is 10.2. The molecule has 1 aromatic heterocycles. The lowest BCUT2D eigenvalue weighted by Gasteiger charge is -2.21. The largest absolute Gasteiger partial charge is 0.497 e. The lowest BCUT2D eigenvalue weighted by Crippen LogP contribution is -2.32. The van der Waals surface area contributed by atoms with Crippen LogP contribution in [-0.2, 0) is 10.0 Å². The van der Waals surface area contributed by atoms with Crippen LogP contribution in [0.4, 0.5) is 0 Å². The van der Waals surface area contributed by atoms with Gasteiger partial charge in [0.2, 0.25) is 15.9 Å². The normalized spacial score (nSPS) is 22.4. The molecular formula is C14H17N3O5S. The minimum Gasteiger partial charge on any atom is -0.497 e. The molecule has 1 aromatic carbocycles. The van der Waals surface area contributed by atoms with Gasteiger partial charge in [-0.3, -0.25) is 0 Å². The number of nitrogens with zero attached hydrogens (tertiary/aromatic N) is 3. The molecule has 3 rings (SSSR count). The highest BCUT2D eigenvalue weighted by Crippen LogP contribution is 2.36. The SMILES string of the molecule is COc1ccc(S(=O)(=O)N2C[C@@H](O)C[C@@H]2c2nc(C)no2)cc1. The van der Waals surface area contributed by atoms with E-state index in [0.717, 1.165) is 0 Å². The summed E-state index contributed by atoms with van der Waals surface area (Å²) in [6.07, 6.45) is -0.558. The molecule has 1 saturated heterocycles. The van der Waals surface area contributed by atoms with Gasteiger partial charge >= 0.3 is 0 Å². The van der Waals surface area contributed by atoms with Gasteiger partial charge in [-0.2, -0.15) is 9.29 Å². The van der Waals surface area contributed by atoms with Gasteiger partial charge in [-0.05, 0) is 31.2 Å². The number of aliphatic hydroxyl groups is 1. The number of benzene rings is 1. The van der Waals surface area contributed by atoms with Gasteiger partial charge in [0.25, 0.3) is 0 Å². The molecule has 1 fully saturated rings. The van der Waals surface area contributed by atoms with Gasteiger partial charge < -0.3 is 14.4 Å². The first-order valence-electron chi connectivity index (χ1n) is 7.06. The van der Waals surface area contributed by atoms with Crippen LogP contribution in [0.1, 0.15) is 24.2 Å². The molecule has 0 bridgehead atoms. The Morgan fingerprint density at radius 3 is 2.61 bits per heavy atom. The van der Waals surface area contributed by atoms with Crippen molar-refractivity contribution in [3.8, 4) is 5.75 Å². The van der Waals surface area contributed by atoms with E-state index in [-0.39, 0.29) is 23.8 Å². The number of hydrogen-bond acceptors (Lipinski definition) is 7. The van der Waals surface area contributed by atoms with Crippen molar-refractivity contribution in [1.29, 1.82) is 0 Å². The van der Waals surface area contributed by atoms with Crippen LogP contribution in [-0.4, -0.2) is 47.7 Å². The second kappa shape index (κ2) is 5.91. The molecule has 0 radical (unpaired) electrons. The highest BCUT2D eigenvalue weighted by Gasteiger charge is 2.43. The summed E-state index contributed by atoms with van der Waals surface area (Å²) in [6, 6.07) is 5.42. The van der Waals surface area contributed by atoms with E-state index in [0.29, 0.717) is 11.6 Å². The Morgan fingerprint density at radius 2 is 2.04 bits per heavy atom. The summed E-state index contributed by atoms with van der Waals surface area (Å²) in [5.74, 6) is 1.17. The number of aliphatic hydroxyl groups excluding tert-OH is 1.